The lowest BCUT2D eigenvalue weighted by Gasteiger charge is -2.05. The van der Waals surface area contributed by atoms with Crippen molar-refractivity contribution in [1.82, 2.24) is 9.97 Å². The number of benzene rings is 2. The molecule has 0 unspecified atom stereocenters. The van der Waals surface area contributed by atoms with E-state index in [2.05, 4.69) is 42.0 Å². The third-order valence-corrected chi connectivity index (χ3v) is 3.24. The summed E-state index contributed by atoms with van der Waals surface area (Å²) in [5.74, 6) is 0. The molecule has 0 aliphatic heterocycles. The summed E-state index contributed by atoms with van der Waals surface area (Å²) in [7, 11) is 0. The van der Waals surface area contributed by atoms with Gasteiger partial charge in [0.05, 0.1) is 23.8 Å². The molecule has 1 aromatic heterocycles. The van der Waals surface area contributed by atoms with E-state index < -0.39 is 0 Å². The molecule has 2 heteroatoms. The molecule has 2 aromatic carbocycles. The second kappa shape index (κ2) is 5.25. The third kappa shape index (κ3) is 2.59. The van der Waals surface area contributed by atoms with Crippen LogP contribution in [0.3, 0.4) is 0 Å². The van der Waals surface area contributed by atoms with E-state index in [1.54, 1.807) is 0 Å². The Hall–Kier alpha value is -2.48. The molecule has 0 saturated heterocycles. The van der Waals surface area contributed by atoms with E-state index in [0.29, 0.717) is 0 Å². The van der Waals surface area contributed by atoms with Crippen LogP contribution in [0.1, 0.15) is 11.1 Å². The van der Waals surface area contributed by atoms with Crippen molar-refractivity contribution in [3.8, 4) is 22.5 Å². The summed E-state index contributed by atoms with van der Waals surface area (Å²) in [5, 5.41) is 0. The highest BCUT2D eigenvalue weighted by Crippen LogP contribution is 2.21. The molecule has 0 amide bonds. The quantitative estimate of drug-likeness (QED) is 0.681. The van der Waals surface area contributed by atoms with Gasteiger partial charge in [0, 0.05) is 11.1 Å². The van der Waals surface area contributed by atoms with Crippen molar-refractivity contribution in [3.63, 3.8) is 0 Å². The molecule has 0 saturated carbocycles. The van der Waals surface area contributed by atoms with Gasteiger partial charge in [0.2, 0.25) is 0 Å². The van der Waals surface area contributed by atoms with Crippen LogP contribution >= 0.6 is 0 Å². The van der Waals surface area contributed by atoms with Crippen LogP contribution < -0.4 is 0 Å². The molecule has 0 spiro atoms. The zero-order valence-electron chi connectivity index (χ0n) is 11.7. The molecule has 98 valence electrons. The second-order valence-electron chi connectivity index (χ2n) is 5.03. The van der Waals surface area contributed by atoms with Gasteiger partial charge in [0.15, 0.2) is 0 Å². The van der Waals surface area contributed by atoms with Gasteiger partial charge in [-0.25, -0.2) is 0 Å². The summed E-state index contributed by atoms with van der Waals surface area (Å²) in [6, 6.07) is 16.5. The van der Waals surface area contributed by atoms with Gasteiger partial charge in [-0.3, -0.25) is 9.97 Å². The number of aromatic nitrogens is 2. The first kappa shape index (κ1) is 12.5. The Morgan fingerprint density at radius 3 is 1.75 bits per heavy atom. The van der Waals surface area contributed by atoms with Gasteiger partial charge in [-0.2, -0.15) is 0 Å². The summed E-state index contributed by atoms with van der Waals surface area (Å²) in [5.41, 5.74) is 6.51. The van der Waals surface area contributed by atoms with E-state index in [9.17, 15) is 0 Å². The highest BCUT2D eigenvalue weighted by Gasteiger charge is 2.03. The van der Waals surface area contributed by atoms with Gasteiger partial charge in [0.1, 0.15) is 0 Å². The lowest BCUT2D eigenvalue weighted by Crippen LogP contribution is -1.90. The van der Waals surface area contributed by atoms with Crippen LogP contribution in [0.5, 0.6) is 0 Å². The molecule has 0 bridgehead atoms. The number of nitrogens with zero attached hydrogens (tertiary/aromatic N) is 2. The van der Waals surface area contributed by atoms with Crippen LogP contribution in [-0.4, -0.2) is 9.97 Å². The Kier molecular flexibility index (Phi) is 3.30. The largest absolute Gasteiger partial charge is 0.252 e. The normalized spacial score (nSPS) is 10.5. The second-order valence-corrected chi connectivity index (χ2v) is 5.03. The van der Waals surface area contributed by atoms with E-state index in [1.807, 2.05) is 42.7 Å². The van der Waals surface area contributed by atoms with Crippen LogP contribution in [0.25, 0.3) is 22.5 Å². The molecule has 0 aliphatic carbocycles. The van der Waals surface area contributed by atoms with Crippen LogP contribution in [0, 0.1) is 13.8 Å². The van der Waals surface area contributed by atoms with Gasteiger partial charge >= 0.3 is 0 Å². The van der Waals surface area contributed by atoms with E-state index in [1.165, 1.54) is 11.1 Å². The van der Waals surface area contributed by atoms with E-state index in [0.717, 1.165) is 22.5 Å². The van der Waals surface area contributed by atoms with Crippen LogP contribution in [0.4, 0.5) is 0 Å². The molecule has 0 aliphatic rings. The predicted molar refractivity (Wildman–Crippen MR) is 82.4 cm³/mol. The fourth-order valence-electron chi connectivity index (χ4n) is 2.36. The summed E-state index contributed by atoms with van der Waals surface area (Å²) >= 11 is 0. The molecular formula is C18H16N2. The standard InChI is InChI=1S/C18H16N2/c1-13-8-14(2)10-16(9-13)18-12-19-17(11-20-18)15-6-4-3-5-7-15/h3-12H,1-2H3. The van der Waals surface area contributed by atoms with Crippen molar-refractivity contribution in [2.24, 2.45) is 0 Å². The van der Waals surface area contributed by atoms with E-state index in [-0.39, 0.29) is 0 Å². The molecule has 1 heterocycles. The SMILES string of the molecule is Cc1cc(C)cc(-c2cnc(-c3ccccc3)cn2)c1. The van der Waals surface area contributed by atoms with Gasteiger partial charge in [-0.05, 0) is 26.0 Å². The zero-order valence-corrected chi connectivity index (χ0v) is 11.7. The first-order valence-corrected chi connectivity index (χ1v) is 6.68. The van der Waals surface area contributed by atoms with Crippen LogP contribution in [-0.2, 0) is 0 Å². The minimum atomic E-state index is 0.902. The summed E-state index contributed by atoms with van der Waals surface area (Å²) in [4.78, 5) is 9.07. The minimum Gasteiger partial charge on any atom is -0.252 e. The lowest BCUT2D eigenvalue weighted by molar-refractivity contribution is 1.20. The number of hydrogen-bond donors (Lipinski definition) is 0. The average Bonchev–Trinajstić information content (AvgIpc) is 2.47. The Bertz CT molecular complexity index is 696. The van der Waals surface area contributed by atoms with Gasteiger partial charge in [-0.15, -0.1) is 0 Å². The van der Waals surface area contributed by atoms with Crippen LogP contribution in [0.15, 0.2) is 60.9 Å². The molecule has 3 aromatic rings. The maximum atomic E-state index is 4.55. The first-order chi connectivity index (χ1) is 9.72. The van der Waals surface area contributed by atoms with Crippen molar-refractivity contribution in [2.45, 2.75) is 13.8 Å². The van der Waals surface area contributed by atoms with Crippen LogP contribution in [0.2, 0.25) is 0 Å². The molecule has 20 heavy (non-hydrogen) atoms. The maximum absolute atomic E-state index is 4.55. The zero-order chi connectivity index (χ0) is 13.9. The molecule has 0 radical (unpaired) electrons. The molecule has 0 fully saturated rings. The van der Waals surface area contributed by atoms with Gasteiger partial charge in [0.25, 0.3) is 0 Å². The van der Waals surface area contributed by atoms with Crippen molar-refractivity contribution in [2.75, 3.05) is 0 Å². The highest BCUT2D eigenvalue weighted by molar-refractivity contribution is 5.63. The lowest BCUT2D eigenvalue weighted by atomic mass is 10.1. The fraction of sp³-hybridized carbons (Fsp3) is 0.111. The van der Waals surface area contributed by atoms with Gasteiger partial charge in [-0.1, -0.05) is 47.5 Å². The molecular weight excluding hydrogens is 244 g/mol. The summed E-state index contributed by atoms with van der Waals surface area (Å²) in [6.07, 6.45) is 3.68. The van der Waals surface area contributed by atoms with E-state index >= 15 is 0 Å². The predicted octanol–water partition coefficient (Wildman–Crippen LogP) is 4.43. The average molecular weight is 260 g/mol. The third-order valence-electron chi connectivity index (χ3n) is 3.24. The van der Waals surface area contributed by atoms with Crippen molar-refractivity contribution >= 4 is 0 Å². The topological polar surface area (TPSA) is 25.8 Å². The molecule has 0 atom stereocenters. The first-order valence-electron chi connectivity index (χ1n) is 6.68. The molecule has 3 rings (SSSR count). The number of hydrogen-bond acceptors (Lipinski definition) is 2. The van der Waals surface area contributed by atoms with Gasteiger partial charge < -0.3 is 0 Å². The number of rotatable bonds is 2. The Morgan fingerprint density at radius 1 is 0.650 bits per heavy atom. The Morgan fingerprint density at radius 2 is 1.20 bits per heavy atom. The fourth-order valence-corrected chi connectivity index (χ4v) is 2.36. The highest BCUT2D eigenvalue weighted by atomic mass is 14.8. The summed E-state index contributed by atoms with van der Waals surface area (Å²) < 4.78 is 0. The van der Waals surface area contributed by atoms with Crippen molar-refractivity contribution in [3.05, 3.63) is 72.1 Å². The Labute approximate surface area is 119 Å². The molecule has 0 N–H and O–H groups in total. The smallest absolute Gasteiger partial charge is 0.0885 e. The van der Waals surface area contributed by atoms with E-state index in [4.69, 9.17) is 0 Å². The number of aryl methyl sites for hydroxylation is 2. The minimum absolute atomic E-state index is 0.902. The van der Waals surface area contributed by atoms with Crippen molar-refractivity contribution in [1.29, 1.82) is 0 Å². The Balaban J connectivity index is 1.97. The van der Waals surface area contributed by atoms with Crippen molar-refractivity contribution < 1.29 is 0 Å². The molecule has 2 nitrogen and oxygen atoms in total. The monoisotopic (exact) mass is 260 g/mol. The summed E-state index contributed by atoms with van der Waals surface area (Å²) in [6.45, 7) is 4.20. The maximum Gasteiger partial charge on any atom is 0.0885 e.